The standard InChI is InChI=1S/C17H18F2N4O4/c18-17(19)26-14-3-1-2-11(15(14)27-17)9-22-5-6-23-12(10-22)8-13(21-23)16(25)20-4-7-24/h1-3,8,24H,4-7,9-10H2,(H,20,25). The van der Waals surface area contributed by atoms with Crippen LogP contribution in [0.5, 0.6) is 11.5 Å². The van der Waals surface area contributed by atoms with E-state index in [9.17, 15) is 13.6 Å². The molecule has 3 heterocycles. The van der Waals surface area contributed by atoms with Gasteiger partial charge in [-0.25, -0.2) is 0 Å². The molecule has 0 bridgehead atoms. The SMILES string of the molecule is O=C(NCCO)c1cc2n(n1)CCN(Cc1cccc3c1OC(F)(F)O3)C2. The number of aromatic nitrogens is 2. The minimum Gasteiger partial charge on any atom is -0.395 e. The van der Waals surface area contributed by atoms with Gasteiger partial charge in [0.05, 0.1) is 18.8 Å². The van der Waals surface area contributed by atoms with E-state index in [0.717, 1.165) is 5.69 Å². The summed E-state index contributed by atoms with van der Waals surface area (Å²) in [7, 11) is 0. The summed E-state index contributed by atoms with van der Waals surface area (Å²) >= 11 is 0. The zero-order valence-electron chi connectivity index (χ0n) is 14.3. The molecule has 0 atom stereocenters. The number of hydrogen-bond donors (Lipinski definition) is 2. The van der Waals surface area contributed by atoms with Crippen molar-refractivity contribution in [3.8, 4) is 11.5 Å². The lowest BCUT2D eigenvalue weighted by molar-refractivity contribution is -0.287. The minimum atomic E-state index is -3.64. The van der Waals surface area contributed by atoms with Crippen molar-refractivity contribution in [2.45, 2.75) is 25.9 Å². The zero-order valence-corrected chi connectivity index (χ0v) is 14.3. The smallest absolute Gasteiger partial charge is 0.395 e. The van der Waals surface area contributed by atoms with E-state index in [1.54, 1.807) is 22.9 Å². The number of aliphatic hydroxyl groups excluding tert-OH is 1. The largest absolute Gasteiger partial charge is 0.586 e. The molecule has 0 fully saturated rings. The highest BCUT2D eigenvalue weighted by Gasteiger charge is 2.44. The summed E-state index contributed by atoms with van der Waals surface area (Å²) in [5.41, 5.74) is 1.75. The van der Waals surface area contributed by atoms with Crippen LogP contribution in [-0.2, 0) is 19.6 Å². The number of amides is 1. The normalized spacial score (nSPS) is 17.6. The lowest BCUT2D eigenvalue weighted by Gasteiger charge is -2.27. The second-order valence-corrected chi connectivity index (χ2v) is 6.35. The molecule has 0 saturated carbocycles. The van der Waals surface area contributed by atoms with E-state index in [2.05, 4.69) is 24.8 Å². The molecule has 4 rings (SSSR count). The number of ether oxygens (including phenoxy) is 2. The molecule has 2 N–H and O–H groups in total. The van der Waals surface area contributed by atoms with E-state index in [4.69, 9.17) is 5.11 Å². The third-order valence-corrected chi connectivity index (χ3v) is 4.41. The molecule has 0 radical (unpaired) electrons. The number of carbonyl (C=O) groups is 1. The molecule has 27 heavy (non-hydrogen) atoms. The number of nitrogens with zero attached hydrogens (tertiary/aromatic N) is 3. The van der Waals surface area contributed by atoms with E-state index in [0.29, 0.717) is 31.7 Å². The maximum atomic E-state index is 13.3. The van der Waals surface area contributed by atoms with Gasteiger partial charge < -0.3 is 19.9 Å². The fourth-order valence-corrected chi connectivity index (χ4v) is 3.22. The van der Waals surface area contributed by atoms with E-state index < -0.39 is 6.29 Å². The summed E-state index contributed by atoms with van der Waals surface area (Å²) in [5.74, 6) is -0.251. The highest BCUT2D eigenvalue weighted by atomic mass is 19.3. The lowest BCUT2D eigenvalue weighted by Crippen LogP contribution is -2.33. The molecule has 1 amide bonds. The summed E-state index contributed by atoms with van der Waals surface area (Å²) in [5, 5.41) is 15.6. The van der Waals surface area contributed by atoms with Crippen LogP contribution in [0, 0.1) is 0 Å². The van der Waals surface area contributed by atoms with Crippen LogP contribution in [0.3, 0.4) is 0 Å². The Hall–Kier alpha value is -2.72. The fourth-order valence-electron chi connectivity index (χ4n) is 3.22. The van der Waals surface area contributed by atoms with Gasteiger partial charge in [-0.2, -0.15) is 5.10 Å². The predicted molar refractivity (Wildman–Crippen MR) is 88.4 cm³/mol. The highest BCUT2D eigenvalue weighted by Crippen LogP contribution is 2.43. The number of rotatable bonds is 5. The van der Waals surface area contributed by atoms with E-state index in [1.807, 2.05) is 0 Å². The topological polar surface area (TPSA) is 88.9 Å². The number of nitrogens with one attached hydrogen (secondary N) is 1. The van der Waals surface area contributed by atoms with Gasteiger partial charge in [-0.3, -0.25) is 14.4 Å². The first-order valence-electron chi connectivity index (χ1n) is 8.51. The Balaban J connectivity index is 1.46. The number of aliphatic hydroxyl groups is 1. The van der Waals surface area contributed by atoms with Crippen LogP contribution < -0.4 is 14.8 Å². The maximum absolute atomic E-state index is 13.3. The van der Waals surface area contributed by atoms with Crippen LogP contribution >= 0.6 is 0 Å². The molecule has 144 valence electrons. The minimum absolute atomic E-state index is 0.0300. The number of benzene rings is 1. The summed E-state index contributed by atoms with van der Waals surface area (Å²) in [6, 6.07) is 6.52. The van der Waals surface area contributed by atoms with Crippen LogP contribution in [-0.4, -0.2) is 51.7 Å². The maximum Gasteiger partial charge on any atom is 0.586 e. The Morgan fingerprint density at radius 1 is 1.33 bits per heavy atom. The summed E-state index contributed by atoms with van der Waals surface area (Å²) < 4.78 is 37.6. The number of alkyl halides is 2. The van der Waals surface area contributed by atoms with Crippen LogP contribution in [0.15, 0.2) is 24.3 Å². The van der Waals surface area contributed by atoms with Crippen molar-refractivity contribution in [2.75, 3.05) is 19.7 Å². The van der Waals surface area contributed by atoms with Crippen molar-refractivity contribution in [3.05, 3.63) is 41.2 Å². The Morgan fingerprint density at radius 2 is 2.19 bits per heavy atom. The van der Waals surface area contributed by atoms with E-state index in [-0.39, 0.29) is 36.3 Å². The Labute approximate surface area is 153 Å². The number of carbonyl (C=O) groups excluding carboxylic acids is 1. The number of halogens is 2. The van der Waals surface area contributed by atoms with Crippen LogP contribution in [0.4, 0.5) is 8.78 Å². The average Bonchev–Trinajstić information content (AvgIpc) is 3.19. The van der Waals surface area contributed by atoms with Gasteiger partial charge in [-0.1, -0.05) is 12.1 Å². The molecule has 10 heteroatoms. The monoisotopic (exact) mass is 380 g/mol. The van der Waals surface area contributed by atoms with Crippen molar-refractivity contribution < 1.29 is 28.2 Å². The van der Waals surface area contributed by atoms with Crippen molar-refractivity contribution >= 4 is 5.91 Å². The van der Waals surface area contributed by atoms with Gasteiger partial charge in [0, 0.05) is 31.7 Å². The first-order valence-corrected chi connectivity index (χ1v) is 8.51. The van der Waals surface area contributed by atoms with Crippen molar-refractivity contribution in [3.63, 3.8) is 0 Å². The first kappa shape index (κ1) is 17.7. The second-order valence-electron chi connectivity index (χ2n) is 6.35. The summed E-state index contributed by atoms with van der Waals surface area (Å²) in [6.07, 6.45) is -3.64. The van der Waals surface area contributed by atoms with E-state index in [1.165, 1.54) is 6.07 Å². The third kappa shape index (κ3) is 3.58. The predicted octanol–water partition coefficient (Wildman–Crippen LogP) is 0.942. The Kier molecular flexibility index (Phi) is 4.44. The molecule has 0 saturated heterocycles. The zero-order chi connectivity index (χ0) is 19.0. The van der Waals surface area contributed by atoms with Gasteiger partial charge in [0.25, 0.3) is 5.91 Å². The first-order chi connectivity index (χ1) is 12.9. The van der Waals surface area contributed by atoms with Crippen molar-refractivity contribution in [1.29, 1.82) is 0 Å². The molecular weight excluding hydrogens is 362 g/mol. The van der Waals surface area contributed by atoms with Gasteiger partial charge >= 0.3 is 6.29 Å². The Bertz CT molecular complexity index is 871. The van der Waals surface area contributed by atoms with Gasteiger partial charge in [-0.15, -0.1) is 8.78 Å². The molecular formula is C17H18F2N4O4. The summed E-state index contributed by atoms with van der Waals surface area (Å²) in [6.45, 7) is 2.16. The molecule has 1 aromatic carbocycles. The number of fused-ring (bicyclic) bond motifs is 2. The second kappa shape index (κ2) is 6.78. The molecule has 2 aliphatic heterocycles. The molecule has 0 aliphatic carbocycles. The van der Waals surface area contributed by atoms with Gasteiger partial charge in [-0.05, 0) is 12.1 Å². The van der Waals surface area contributed by atoms with Gasteiger partial charge in [0.1, 0.15) is 5.69 Å². The number of para-hydroxylation sites is 1. The van der Waals surface area contributed by atoms with Gasteiger partial charge in [0.15, 0.2) is 11.5 Å². The quantitative estimate of drug-likeness (QED) is 0.803. The molecule has 1 aromatic heterocycles. The lowest BCUT2D eigenvalue weighted by atomic mass is 10.1. The number of hydrogen-bond acceptors (Lipinski definition) is 6. The highest BCUT2D eigenvalue weighted by molar-refractivity contribution is 5.92. The molecule has 8 nitrogen and oxygen atoms in total. The molecule has 2 aliphatic rings. The molecule has 2 aromatic rings. The van der Waals surface area contributed by atoms with Crippen LogP contribution in [0.2, 0.25) is 0 Å². The molecule has 0 spiro atoms. The van der Waals surface area contributed by atoms with Gasteiger partial charge in [0.2, 0.25) is 0 Å². The fraction of sp³-hybridized carbons (Fsp3) is 0.412. The average molecular weight is 380 g/mol. The van der Waals surface area contributed by atoms with Crippen LogP contribution in [0.25, 0.3) is 0 Å². The third-order valence-electron chi connectivity index (χ3n) is 4.41. The van der Waals surface area contributed by atoms with Crippen molar-refractivity contribution in [1.82, 2.24) is 20.0 Å². The van der Waals surface area contributed by atoms with Crippen molar-refractivity contribution in [2.24, 2.45) is 0 Å². The molecule has 0 unspecified atom stereocenters. The Morgan fingerprint density at radius 3 is 3.00 bits per heavy atom. The van der Waals surface area contributed by atoms with Crippen LogP contribution in [0.1, 0.15) is 21.7 Å². The van der Waals surface area contributed by atoms with E-state index >= 15 is 0 Å². The summed E-state index contributed by atoms with van der Waals surface area (Å²) in [4.78, 5) is 14.0.